The second kappa shape index (κ2) is 9.11. The van der Waals surface area contributed by atoms with Gasteiger partial charge in [0.1, 0.15) is 0 Å². The van der Waals surface area contributed by atoms with E-state index in [0.717, 1.165) is 12.0 Å². The molecule has 0 aromatic heterocycles. The number of nitrogens with zero attached hydrogens (tertiary/aromatic N) is 2. The fraction of sp³-hybridized carbons (Fsp3) is 0.318. The van der Waals surface area contributed by atoms with Crippen LogP contribution >= 0.6 is 11.6 Å². The number of sulfonamides is 1. The van der Waals surface area contributed by atoms with Crippen LogP contribution in [-0.2, 0) is 10.0 Å². The van der Waals surface area contributed by atoms with Gasteiger partial charge in [-0.3, -0.25) is 4.79 Å². The predicted octanol–water partition coefficient (Wildman–Crippen LogP) is 4.30. The van der Waals surface area contributed by atoms with Crippen LogP contribution in [0.2, 0.25) is 5.02 Å². The monoisotopic (exact) mass is 432 g/mol. The number of carbonyl (C=O) groups is 1. The van der Waals surface area contributed by atoms with E-state index in [-0.39, 0.29) is 21.4 Å². The first kappa shape index (κ1) is 21.6. The molecule has 0 N–H and O–H groups in total. The Hall–Kier alpha value is -2.15. The maximum Gasteiger partial charge on any atom is 0.255 e. The maximum atomic E-state index is 13.1. The predicted molar refractivity (Wildman–Crippen MR) is 116 cm³/mol. The Bertz CT molecular complexity index is 1020. The lowest BCUT2D eigenvalue weighted by atomic mass is 9.99. The summed E-state index contributed by atoms with van der Waals surface area (Å²) in [5.41, 5.74) is 2.58. The topological polar surface area (TPSA) is 57.7 Å². The van der Waals surface area contributed by atoms with Crippen molar-refractivity contribution in [2.75, 3.05) is 26.2 Å². The average Bonchev–Trinajstić information content (AvgIpc) is 2.75. The van der Waals surface area contributed by atoms with Gasteiger partial charge in [-0.05, 0) is 35.8 Å². The van der Waals surface area contributed by atoms with Crippen LogP contribution in [0.1, 0.15) is 36.2 Å². The average molecular weight is 433 g/mol. The van der Waals surface area contributed by atoms with Crippen molar-refractivity contribution in [2.24, 2.45) is 0 Å². The molecule has 154 valence electrons. The van der Waals surface area contributed by atoms with Gasteiger partial charge in [-0.25, -0.2) is 8.42 Å². The highest BCUT2D eigenvalue weighted by atomic mass is 35.5. The van der Waals surface area contributed by atoms with E-state index in [0.29, 0.717) is 26.2 Å². The first-order chi connectivity index (χ1) is 13.9. The molecule has 7 heteroatoms. The van der Waals surface area contributed by atoms with Gasteiger partial charge in [0.05, 0.1) is 15.5 Å². The van der Waals surface area contributed by atoms with Gasteiger partial charge in [0, 0.05) is 26.2 Å². The van der Waals surface area contributed by atoms with Gasteiger partial charge in [-0.15, -0.1) is 0 Å². The molecular weight excluding hydrogens is 408 g/mol. The Balaban J connectivity index is 1.84. The number of hydrogen-bond donors (Lipinski definition) is 0. The summed E-state index contributed by atoms with van der Waals surface area (Å²) in [6.45, 7) is 5.32. The minimum atomic E-state index is -3.66. The van der Waals surface area contributed by atoms with E-state index in [1.165, 1.54) is 28.1 Å². The van der Waals surface area contributed by atoms with Crippen molar-refractivity contribution >= 4 is 33.1 Å². The summed E-state index contributed by atoms with van der Waals surface area (Å²) in [5.74, 6) is -0.255. The van der Waals surface area contributed by atoms with Gasteiger partial charge < -0.3 is 4.90 Å². The van der Waals surface area contributed by atoms with Crippen molar-refractivity contribution in [3.63, 3.8) is 0 Å². The summed E-state index contributed by atoms with van der Waals surface area (Å²) in [4.78, 5) is 14.8. The van der Waals surface area contributed by atoms with Gasteiger partial charge in [0.2, 0.25) is 10.0 Å². The van der Waals surface area contributed by atoms with Crippen LogP contribution in [0.4, 0.5) is 0 Å². The van der Waals surface area contributed by atoms with Crippen LogP contribution < -0.4 is 0 Å². The molecule has 0 saturated heterocycles. The standard InChI is InChI=1S/C22H25ClN2O3S/c1-3-25(4-2)29(27,28)19-10-11-21(23)20(16-19)22(26)24-14-12-18(13-15-24)17-8-6-5-7-9-17/h5-12,16H,3-4,13-15H2,1-2H3. The third-order valence-corrected chi connectivity index (χ3v) is 7.53. The Labute approximate surface area is 177 Å². The Kier molecular flexibility index (Phi) is 6.77. The number of amides is 1. The maximum absolute atomic E-state index is 13.1. The summed E-state index contributed by atoms with van der Waals surface area (Å²) in [5, 5.41) is 0.256. The SMILES string of the molecule is CCN(CC)S(=O)(=O)c1ccc(Cl)c(C(=O)N2CC=C(c3ccccc3)CC2)c1. The molecule has 2 aromatic carbocycles. The molecule has 1 amide bonds. The molecule has 1 aliphatic heterocycles. The van der Waals surface area contributed by atoms with Crippen molar-refractivity contribution in [3.05, 3.63) is 70.8 Å². The Morgan fingerprint density at radius 3 is 2.38 bits per heavy atom. The molecular formula is C22H25ClN2O3S. The molecule has 5 nitrogen and oxygen atoms in total. The largest absolute Gasteiger partial charge is 0.335 e. The number of rotatable bonds is 6. The highest BCUT2D eigenvalue weighted by Crippen LogP contribution is 2.27. The van der Waals surface area contributed by atoms with Crippen molar-refractivity contribution in [3.8, 4) is 0 Å². The lowest BCUT2D eigenvalue weighted by Crippen LogP contribution is -2.35. The van der Waals surface area contributed by atoms with Crippen molar-refractivity contribution < 1.29 is 13.2 Å². The lowest BCUT2D eigenvalue weighted by molar-refractivity contribution is 0.0773. The minimum Gasteiger partial charge on any atom is -0.335 e. The zero-order chi connectivity index (χ0) is 21.0. The zero-order valence-corrected chi connectivity index (χ0v) is 18.2. The quantitative estimate of drug-likeness (QED) is 0.683. The van der Waals surface area contributed by atoms with Crippen LogP contribution in [0, 0.1) is 0 Å². The molecule has 29 heavy (non-hydrogen) atoms. The number of halogens is 1. The van der Waals surface area contributed by atoms with E-state index in [4.69, 9.17) is 11.6 Å². The normalized spacial score (nSPS) is 14.8. The Morgan fingerprint density at radius 2 is 1.79 bits per heavy atom. The molecule has 0 aliphatic carbocycles. The third-order valence-electron chi connectivity index (χ3n) is 5.15. The second-order valence-corrected chi connectivity index (χ2v) is 9.17. The number of benzene rings is 2. The van der Waals surface area contributed by atoms with Crippen LogP contribution in [0.25, 0.3) is 5.57 Å². The summed E-state index contributed by atoms with van der Waals surface area (Å²) in [6.07, 6.45) is 2.78. The van der Waals surface area contributed by atoms with Crippen LogP contribution in [0.15, 0.2) is 59.5 Å². The first-order valence-electron chi connectivity index (χ1n) is 9.72. The van der Waals surface area contributed by atoms with Gasteiger partial charge in [-0.2, -0.15) is 4.31 Å². The van der Waals surface area contributed by atoms with Crippen molar-refractivity contribution in [1.82, 2.24) is 9.21 Å². The van der Waals surface area contributed by atoms with Gasteiger partial charge in [-0.1, -0.05) is 61.9 Å². The van der Waals surface area contributed by atoms with Gasteiger partial charge in [0.25, 0.3) is 5.91 Å². The fourth-order valence-electron chi connectivity index (χ4n) is 3.48. The molecule has 3 rings (SSSR count). The van der Waals surface area contributed by atoms with E-state index in [2.05, 4.69) is 12.1 Å². The van der Waals surface area contributed by atoms with Crippen molar-refractivity contribution in [2.45, 2.75) is 25.2 Å². The molecule has 1 heterocycles. The minimum absolute atomic E-state index is 0.0893. The van der Waals surface area contributed by atoms with Crippen LogP contribution in [0.3, 0.4) is 0 Å². The third kappa shape index (κ3) is 4.55. The Morgan fingerprint density at radius 1 is 1.10 bits per heavy atom. The second-order valence-electron chi connectivity index (χ2n) is 6.83. The van der Waals surface area contributed by atoms with Crippen molar-refractivity contribution in [1.29, 1.82) is 0 Å². The summed E-state index contributed by atoms with van der Waals surface area (Å²) in [6, 6.07) is 14.4. The number of carbonyl (C=O) groups excluding carboxylic acids is 1. The van der Waals surface area contributed by atoms with E-state index in [1.807, 2.05) is 24.3 Å². The van der Waals surface area contributed by atoms with Gasteiger partial charge >= 0.3 is 0 Å². The molecule has 0 saturated carbocycles. The smallest absolute Gasteiger partial charge is 0.255 e. The summed E-state index contributed by atoms with van der Waals surface area (Å²) >= 11 is 6.26. The van der Waals surface area contributed by atoms with Crippen LogP contribution in [-0.4, -0.2) is 49.7 Å². The lowest BCUT2D eigenvalue weighted by Gasteiger charge is -2.27. The molecule has 0 atom stereocenters. The molecule has 0 unspecified atom stereocenters. The van der Waals surface area contributed by atoms with E-state index in [9.17, 15) is 13.2 Å². The van der Waals surface area contributed by atoms with E-state index in [1.54, 1.807) is 18.7 Å². The molecule has 0 fully saturated rings. The van der Waals surface area contributed by atoms with Crippen LogP contribution in [0.5, 0.6) is 0 Å². The molecule has 0 radical (unpaired) electrons. The first-order valence-corrected chi connectivity index (χ1v) is 11.5. The zero-order valence-electron chi connectivity index (χ0n) is 16.6. The van der Waals surface area contributed by atoms with Gasteiger partial charge in [0.15, 0.2) is 0 Å². The molecule has 1 aliphatic rings. The van der Waals surface area contributed by atoms with E-state index < -0.39 is 10.0 Å². The fourth-order valence-corrected chi connectivity index (χ4v) is 5.16. The number of hydrogen-bond acceptors (Lipinski definition) is 3. The van der Waals surface area contributed by atoms with E-state index >= 15 is 0 Å². The summed E-state index contributed by atoms with van der Waals surface area (Å²) in [7, 11) is -3.66. The molecule has 0 spiro atoms. The highest BCUT2D eigenvalue weighted by Gasteiger charge is 2.26. The molecule has 2 aromatic rings. The highest BCUT2D eigenvalue weighted by molar-refractivity contribution is 7.89. The summed E-state index contributed by atoms with van der Waals surface area (Å²) < 4.78 is 27.0. The molecule has 0 bridgehead atoms.